The van der Waals surface area contributed by atoms with Gasteiger partial charge in [-0.3, -0.25) is 9.78 Å². The molecule has 4 nitrogen and oxygen atoms in total. The van der Waals surface area contributed by atoms with Crippen LogP contribution < -0.4 is 0 Å². The van der Waals surface area contributed by atoms with Gasteiger partial charge < -0.3 is 0 Å². The second-order valence-electron chi connectivity index (χ2n) is 9.47. The van der Waals surface area contributed by atoms with Gasteiger partial charge in [0.05, 0.1) is 21.9 Å². The van der Waals surface area contributed by atoms with Crippen LogP contribution in [-0.2, 0) is 12.6 Å². The maximum Gasteiger partial charge on any atom is 0.416 e. The molecule has 218 valence electrons. The van der Waals surface area contributed by atoms with Crippen LogP contribution in [0.25, 0.3) is 5.70 Å². The summed E-state index contributed by atoms with van der Waals surface area (Å²) in [6.07, 6.45) is 9.26. The summed E-state index contributed by atoms with van der Waals surface area (Å²) >= 11 is 3.50. The molecule has 0 saturated heterocycles. The molecule has 0 aliphatic carbocycles. The van der Waals surface area contributed by atoms with Crippen LogP contribution in [0.4, 0.5) is 13.2 Å². The number of aromatic nitrogens is 3. The Labute approximate surface area is 245 Å². The van der Waals surface area contributed by atoms with Crippen LogP contribution in [-0.4, -0.2) is 20.5 Å². The van der Waals surface area contributed by atoms with Gasteiger partial charge >= 0.3 is 6.18 Å². The van der Waals surface area contributed by atoms with Crippen LogP contribution >= 0.6 is 15.9 Å². The second-order valence-corrected chi connectivity index (χ2v) is 10.3. The van der Waals surface area contributed by atoms with Gasteiger partial charge in [0, 0.05) is 23.7 Å². The molecule has 40 heavy (non-hydrogen) atoms. The first-order chi connectivity index (χ1) is 18.8. The minimum absolute atomic E-state index is 0.0785. The molecule has 0 fully saturated rings. The van der Waals surface area contributed by atoms with Gasteiger partial charge in [0.1, 0.15) is 0 Å². The molecule has 0 radical (unpaired) electrons. The van der Waals surface area contributed by atoms with E-state index < -0.39 is 11.7 Å². The first kappa shape index (κ1) is 35.0. The number of Topliss-reactive ketones (excluding diaryl/α,β-unsaturated/α-hetero) is 1. The highest BCUT2D eigenvalue weighted by atomic mass is 79.9. The summed E-state index contributed by atoms with van der Waals surface area (Å²) in [4.78, 5) is 14.7. The standard InChI is InChI=1S/C16H25BrN2.C9H7F3O.C7H9N/c1-6-8-15(9-7-2)12(3)10-13(4)19-14(5)16(17)11-18-19;1-6(13)7-3-2-4-8(5-7)9(10,11)12;1-2-7-4-3-5-8-6-7/h10-11,15H,3,6-9H2,1-2,4-5H3;2-5H,1H3;3-6H,2H2,1H3/b13-10-;;. The fourth-order valence-electron chi connectivity index (χ4n) is 3.93. The number of pyridine rings is 1. The minimum atomic E-state index is -4.38. The SMILES string of the molecule is C=C(/C=C(/C)n1ncc(Br)c1C)C(CCC)CCC.CC(=O)c1cccc(C(F)(F)F)c1.CCc1cccnc1. The number of rotatable bonds is 9. The number of alkyl halides is 3. The van der Waals surface area contributed by atoms with Gasteiger partial charge in [0.15, 0.2) is 5.78 Å². The third-order valence-electron chi connectivity index (χ3n) is 6.20. The number of ketones is 1. The van der Waals surface area contributed by atoms with Crippen LogP contribution in [0, 0.1) is 12.8 Å². The van der Waals surface area contributed by atoms with Crippen molar-refractivity contribution in [3.05, 3.63) is 100 Å². The van der Waals surface area contributed by atoms with E-state index in [9.17, 15) is 18.0 Å². The molecule has 3 rings (SSSR count). The lowest BCUT2D eigenvalue weighted by Gasteiger charge is -2.16. The average molecular weight is 621 g/mol. The maximum atomic E-state index is 12.1. The highest BCUT2D eigenvalue weighted by molar-refractivity contribution is 9.10. The molecule has 0 unspecified atom stereocenters. The summed E-state index contributed by atoms with van der Waals surface area (Å²) in [6, 6.07) is 8.40. The van der Waals surface area contributed by atoms with Gasteiger partial charge in [-0.05, 0) is 91.7 Å². The Bertz CT molecular complexity index is 1230. The Balaban J connectivity index is 0.000000327. The molecule has 0 N–H and O–H groups in total. The molecule has 3 aromatic rings. The molecule has 0 amide bonds. The molecule has 2 aromatic heterocycles. The summed E-state index contributed by atoms with van der Waals surface area (Å²) in [5.74, 6) is 0.232. The van der Waals surface area contributed by atoms with Gasteiger partial charge in [-0.15, -0.1) is 0 Å². The van der Waals surface area contributed by atoms with Crippen LogP contribution in [0.15, 0.2) is 77.7 Å². The molecular formula is C32H41BrF3N3O. The van der Waals surface area contributed by atoms with E-state index in [2.05, 4.69) is 79.4 Å². The third kappa shape index (κ3) is 12.0. The number of aryl methyl sites for hydroxylation is 1. The molecule has 0 aliphatic heterocycles. The monoisotopic (exact) mass is 619 g/mol. The molecule has 0 atom stereocenters. The normalized spacial score (nSPS) is 11.3. The van der Waals surface area contributed by atoms with E-state index in [0.29, 0.717) is 5.92 Å². The Morgan fingerprint density at radius 3 is 2.15 bits per heavy atom. The highest BCUT2D eigenvalue weighted by Crippen LogP contribution is 2.29. The number of carbonyl (C=O) groups excluding carboxylic acids is 1. The zero-order valence-electron chi connectivity index (χ0n) is 24.4. The number of carbonyl (C=O) groups is 1. The van der Waals surface area contributed by atoms with Crippen molar-refractivity contribution < 1.29 is 18.0 Å². The molecule has 0 saturated carbocycles. The maximum absolute atomic E-state index is 12.1. The number of hydrogen-bond acceptors (Lipinski definition) is 3. The van der Waals surface area contributed by atoms with Crippen LogP contribution in [0.3, 0.4) is 0 Å². The predicted molar refractivity (Wildman–Crippen MR) is 162 cm³/mol. The van der Waals surface area contributed by atoms with Crippen molar-refractivity contribution in [3.8, 4) is 0 Å². The van der Waals surface area contributed by atoms with Gasteiger partial charge in [-0.2, -0.15) is 18.3 Å². The molecule has 0 spiro atoms. The van der Waals surface area contributed by atoms with E-state index in [0.717, 1.165) is 34.4 Å². The van der Waals surface area contributed by atoms with Crippen LogP contribution in [0.2, 0.25) is 0 Å². The molecule has 8 heteroatoms. The summed E-state index contributed by atoms with van der Waals surface area (Å²) in [7, 11) is 0. The lowest BCUT2D eigenvalue weighted by atomic mass is 9.90. The Hall–Kier alpha value is -3.00. The molecule has 1 aromatic carbocycles. The number of hydrogen-bond donors (Lipinski definition) is 0. The number of allylic oxidation sites excluding steroid dienone is 3. The van der Waals surface area contributed by atoms with E-state index in [1.54, 1.807) is 6.20 Å². The van der Waals surface area contributed by atoms with Crippen molar-refractivity contribution in [1.29, 1.82) is 0 Å². The summed E-state index contributed by atoms with van der Waals surface area (Å²) in [6.45, 7) is 16.2. The first-order valence-electron chi connectivity index (χ1n) is 13.5. The molecular weight excluding hydrogens is 579 g/mol. The third-order valence-corrected chi connectivity index (χ3v) is 6.98. The summed E-state index contributed by atoms with van der Waals surface area (Å²) < 4.78 is 39.4. The number of benzene rings is 1. The van der Waals surface area contributed by atoms with Crippen molar-refractivity contribution in [1.82, 2.24) is 14.8 Å². The lowest BCUT2D eigenvalue weighted by Crippen LogP contribution is -2.06. The van der Waals surface area contributed by atoms with Crippen LogP contribution in [0.1, 0.15) is 87.5 Å². The van der Waals surface area contributed by atoms with E-state index in [-0.39, 0.29) is 11.3 Å². The van der Waals surface area contributed by atoms with Crippen molar-refractivity contribution in [2.45, 2.75) is 79.8 Å². The average Bonchev–Trinajstić information content (AvgIpc) is 3.27. The number of nitrogens with zero attached hydrogens (tertiary/aromatic N) is 3. The molecule has 0 aliphatic rings. The van der Waals surface area contributed by atoms with E-state index in [4.69, 9.17) is 0 Å². The zero-order valence-corrected chi connectivity index (χ0v) is 25.9. The highest BCUT2D eigenvalue weighted by Gasteiger charge is 2.30. The largest absolute Gasteiger partial charge is 0.416 e. The summed E-state index contributed by atoms with van der Waals surface area (Å²) in [5, 5.41) is 4.38. The van der Waals surface area contributed by atoms with Gasteiger partial charge in [-0.25, -0.2) is 4.68 Å². The first-order valence-corrected chi connectivity index (χ1v) is 14.3. The Morgan fingerprint density at radius 2 is 1.73 bits per heavy atom. The topological polar surface area (TPSA) is 47.8 Å². The second kappa shape index (κ2) is 17.6. The van der Waals surface area contributed by atoms with Crippen LogP contribution in [0.5, 0.6) is 0 Å². The molecule has 2 heterocycles. The van der Waals surface area contributed by atoms with E-state index in [1.165, 1.54) is 55.9 Å². The number of halogens is 4. The van der Waals surface area contributed by atoms with Gasteiger partial charge in [-0.1, -0.05) is 64.0 Å². The van der Waals surface area contributed by atoms with Gasteiger partial charge in [0.2, 0.25) is 0 Å². The minimum Gasteiger partial charge on any atom is -0.295 e. The van der Waals surface area contributed by atoms with Crippen molar-refractivity contribution in [2.75, 3.05) is 0 Å². The van der Waals surface area contributed by atoms with Crippen molar-refractivity contribution in [2.24, 2.45) is 5.92 Å². The predicted octanol–water partition coefficient (Wildman–Crippen LogP) is 10.1. The Morgan fingerprint density at radius 1 is 1.07 bits per heavy atom. The smallest absolute Gasteiger partial charge is 0.295 e. The zero-order chi connectivity index (χ0) is 30.3. The quantitative estimate of drug-likeness (QED) is 0.177. The fourth-order valence-corrected chi connectivity index (χ4v) is 4.19. The summed E-state index contributed by atoms with van der Waals surface area (Å²) in [5.41, 5.74) is 4.07. The van der Waals surface area contributed by atoms with Crippen molar-refractivity contribution >= 4 is 27.4 Å². The van der Waals surface area contributed by atoms with E-state index >= 15 is 0 Å². The lowest BCUT2D eigenvalue weighted by molar-refractivity contribution is -0.137. The van der Waals surface area contributed by atoms with E-state index in [1.807, 2.05) is 23.1 Å². The fraction of sp³-hybridized carbons (Fsp3) is 0.406. The Kier molecular flexibility index (Phi) is 15.4. The van der Waals surface area contributed by atoms with Crippen molar-refractivity contribution in [3.63, 3.8) is 0 Å². The van der Waals surface area contributed by atoms with Gasteiger partial charge in [0.25, 0.3) is 0 Å². The molecule has 0 bridgehead atoms.